The van der Waals surface area contributed by atoms with Crippen LogP contribution in [0.1, 0.15) is 33.3 Å². The highest BCUT2D eigenvalue weighted by Gasteiger charge is 2.34. The molecule has 30 heavy (non-hydrogen) atoms. The Balaban J connectivity index is 1.67. The Morgan fingerprint density at radius 2 is 1.87 bits per heavy atom. The maximum Gasteiger partial charge on any atom is 0.276 e. The molecule has 154 valence electrons. The van der Waals surface area contributed by atoms with E-state index in [1.807, 2.05) is 17.5 Å². The van der Waals surface area contributed by atoms with Crippen molar-refractivity contribution in [1.29, 1.82) is 0 Å². The van der Waals surface area contributed by atoms with Crippen LogP contribution < -0.4 is 4.72 Å². The van der Waals surface area contributed by atoms with Crippen LogP contribution in [0.4, 0.5) is 5.69 Å². The highest BCUT2D eigenvalue weighted by Crippen LogP contribution is 2.37. The van der Waals surface area contributed by atoms with Gasteiger partial charge in [0.25, 0.3) is 5.91 Å². The van der Waals surface area contributed by atoms with Gasteiger partial charge in [-0.05, 0) is 41.3 Å². The monoisotopic (exact) mass is 459 g/mol. The van der Waals surface area contributed by atoms with E-state index < -0.39 is 10.0 Å². The van der Waals surface area contributed by atoms with Crippen LogP contribution in [0.15, 0.2) is 71.1 Å². The van der Waals surface area contributed by atoms with Crippen molar-refractivity contribution in [2.45, 2.75) is 12.5 Å². The Morgan fingerprint density at radius 3 is 2.50 bits per heavy atom. The summed E-state index contributed by atoms with van der Waals surface area (Å²) in [5.41, 5.74) is 2.45. The molecule has 9 heteroatoms. The number of nitrogens with zero attached hydrogens (tertiary/aromatic N) is 2. The number of rotatable bonds is 5. The molecule has 2 heterocycles. The first-order valence-electron chi connectivity index (χ1n) is 9.09. The van der Waals surface area contributed by atoms with Gasteiger partial charge in [0, 0.05) is 17.0 Å². The van der Waals surface area contributed by atoms with E-state index in [1.54, 1.807) is 59.9 Å². The van der Waals surface area contributed by atoms with E-state index in [0.717, 1.165) is 22.4 Å². The van der Waals surface area contributed by atoms with E-state index in [0.29, 0.717) is 22.7 Å². The van der Waals surface area contributed by atoms with Gasteiger partial charge in [-0.3, -0.25) is 9.52 Å². The van der Waals surface area contributed by atoms with Crippen molar-refractivity contribution in [3.05, 3.63) is 87.1 Å². The Labute approximate surface area is 183 Å². The number of thiophene rings is 1. The molecule has 0 bridgehead atoms. The number of hydrazone groups is 1. The maximum atomic E-state index is 13.2. The summed E-state index contributed by atoms with van der Waals surface area (Å²) in [6, 6.07) is 17.6. The fraction of sp³-hybridized carbons (Fsp3) is 0.143. The summed E-state index contributed by atoms with van der Waals surface area (Å²) in [7, 11) is -3.35. The molecule has 0 radical (unpaired) electrons. The maximum absolute atomic E-state index is 13.2. The lowest BCUT2D eigenvalue weighted by Crippen LogP contribution is -2.26. The van der Waals surface area contributed by atoms with Gasteiger partial charge in [-0.1, -0.05) is 41.9 Å². The first kappa shape index (κ1) is 20.6. The van der Waals surface area contributed by atoms with Crippen LogP contribution in [0, 0.1) is 0 Å². The van der Waals surface area contributed by atoms with Crippen LogP contribution in [0.5, 0.6) is 0 Å². The zero-order valence-electron chi connectivity index (χ0n) is 15.9. The van der Waals surface area contributed by atoms with Crippen molar-refractivity contribution in [3.63, 3.8) is 0 Å². The van der Waals surface area contributed by atoms with Gasteiger partial charge in [0.05, 0.1) is 28.6 Å². The van der Waals surface area contributed by atoms with Gasteiger partial charge in [-0.2, -0.15) is 5.10 Å². The van der Waals surface area contributed by atoms with Gasteiger partial charge in [0.2, 0.25) is 10.0 Å². The lowest BCUT2D eigenvalue weighted by Gasteiger charge is -2.21. The molecule has 0 saturated heterocycles. The second-order valence-corrected chi connectivity index (χ2v) is 10.00. The first-order valence-corrected chi connectivity index (χ1v) is 12.2. The lowest BCUT2D eigenvalue weighted by molar-refractivity contribution is 0.0714. The average Bonchev–Trinajstić information content (AvgIpc) is 3.37. The minimum atomic E-state index is -3.35. The molecule has 6 nitrogen and oxygen atoms in total. The summed E-state index contributed by atoms with van der Waals surface area (Å²) in [5.74, 6) is -0.260. The van der Waals surface area contributed by atoms with Crippen LogP contribution in [-0.2, 0) is 10.0 Å². The molecular formula is C21H18ClN3O3S2. The smallest absolute Gasteiger partial charge is 0.276 e. The molecule has 1 amide bonds. The molecule has 2 aromatic carbocycles. The molecular weight excluding hydrogens is 442 g/mol. The van der Waals surface area contributed by atoms with E-state index in [2.05, 4.69) is 9.82 Å². The molecule has 3 aromatic rings. The van der Waals surface area contributed by atoms with Gasteiger partial charge in [0.1, 0.15) is 0 Å². The largest absolute Gasteiger partial charge is 0.284 e. The van der Waals surface area contributed by atoms with Crippen LogP contribution >= 0.6 is 22.9 Å². The van der Waals surface area contributed by atoms with Gasteiger partial charge in [0.15, 0.2) is 0 Å². The fourth-order valence-corrected chi connectivity index (χ4v) is 4.87. The number of hydrogen-bond donors (Lipinski definition) is 1. The van der Waals surface area contributed by atoms with Gasteiger partial charge >= 0.3 is 0 Å². The summed E-state index contributed by atoms with van der Waals surface area (Å²) in [4.78, 5) is 14.3. The molecule has 0 spiro atoms. The third-order valence-electron chi connectivity index (χ3n) is 4.62. The molecule has 0 aliphatic carbocycles. The molecule has 1 aliphatic heterocycles. The van der Waals surface area contributed by atoms with E-state index >= 15 is 0 Å². The summed E-state index contributed by atoms with van der Waals surface area (Å²) in [6.07, 6.45) is 1.65. The molecule has 1 unspecified atom stereocenters. The number of carbonyl (C=O) groups excluding carboxylic acids is 1. The van der Waals surface area contributed by atoms with E-state index in [4.69, 9.17) is 11.6 Å². The predicted octanol–water partition coefficient (Wildman–Crippen LogP) is 4.76. The number of carbonyl (C=O) groups is 1. The molecule has 1 N–H and O–H groups in total. The Bertz CT molecular complexity index is 1210. The topological polar surface area (TPSA) is 78.8 Å². The van der Waals surface area contributed by atoms with Crippen molar-refractivity contribution in [2.24, 2.45) is 5.10 Å². The third kappa shape index (κ3) is 4.40. The standard InChI is InChI=1S/C21H18ClN3O3S2/c1-30(27,28)24-15-10-8-14(9-11-15)18-13-19(20-7-4-12-29-20)25(23-18)21(26)16-5-2-3-6-17(16)22/h2-12,19,24H,13H2,1H3. The second kappa shape index (κ2) is 8.22. The molecule has 4 rings (SSSR count). The molecule has 1 aliphatic rings. The van der Waals surface area contributed by atoms with Crippen molar-refractivity contribution < 1.29 is 13.2 Å². The summed E-state index contributed by atoms with van der Waals surface area (Å²) in [6.45, 7) is 0. The SMILES string of the molecule is CS(=O)(=O)Nc1ccc(C2=NN(C(=O)c3ccccc3Cl)C(c3cccs3)C2)cc1. The number of amides is 1. The quantitative estimate of drug-likeness (QED) is 0.597. The van der Waals surface area contributed by atoms with E-state index in [9.17, 15) is 13.2 Å². The van der Waals surface area contributed by atoms with Crippen LogP contribution in [0.25, 0.3) is 0 Å². The van der Waals surface area contributed by atoms with Crippen molar-refractivity contribution in [2.75, 3.05) is 11.0 Å². The Hall–Kier alpha value is -2.68. The minimum absolute atomic E-state index is 0.224. The predicted molar refractivity (Wildman–Crippen MR) is 121 cm³/mol. The molecule has 0 fully saturated rings. The molecule has 0 saturated carbocycles. The number of anilines is 1. The lowest BCUT2D eigenvalue weighted by atomic mass is 10.0. The molecule has 1 atom stereocenters. The Kier molecular flexibility index (Phi) is 5.64. The number of benzene rings is 2. The highest BCUT2D eigenvalue weighted by molar-refractivity contribution is 7.92. The highest BCUT2D eigenvalue weighted by atomic mass is 35.5. The normalized spacial score (nSPS) is 16.4. The van der Waals surface area contributed by atoms with Crippen molar-refractivity contribution in [3.8, 4) is 0 Å². The van der Waals surface area contributed by atoms with E-state index in [1.165, 1.54) is 5.01 Å². The number of halogens is 1. The van der Waals surface area contributed by atoms with Crippen LogP contribution in [0.2, 0.25) is 5.02 Å². The van der Waals surface area contributed by atoms with E-state index in [-0.39, 0.29) is 11.9 Å². The summed E-state index contributed by atoms with van der Waals surface area (Å²) in [5, 5.41) is 8.47. The average molecular weight is 460 g/mol. The molecule has 1 aromatic heterocycles. The number of sulfonamides is 1. The minimum Gasteiger partial charge on any atom is -0.284 e. The zero-order chi connectivity index (χ0) is 21.3. The fourth-order valence-electron chi connectivity index (χ4n) is 3.28. The van der Waals surface area contributed by atoms with Gasteiger partial charge in [-0.15, -0.1) is 11.3 Å². The summed E-state index contributed by atoms with van der Waals surface area (Å²) >= 11 is 7.81. The number of hydrogen-bond acceptors (Lipinski definition) is 5. The zero-order valence-corrected chi connectivity index (χ0v) is 18.3. The summed E-state index contributed by atoms with van der Waals surface area (Å²) < 4.78 is 25.3. The first-order chi connectivity index (χ1) is 14.3. The van der Waals surface area contributed by atoms with Crippen molar-refractivity contribution in [1.82, 2.24) is 5.01 Å². The van der Waals surface area contributed by atoms with Gasteiger partial charge in [-0.25, -0.2) is 13.4 Å². The van der Waals surface area contributed by atoms with Gasteiger partial charge < -0.3 is 0 Å². The van der Waals surface area contributed by atoms with Crippen LogP contribution in [-0.4, -0.2) is 31.3 Å². The third-order valence-corrected chi connectivity index (χ3v) is 6.53. The number of nitrogens with one attached hydrogen (secondary N) is 1. The Morgan fingerprint density at radius 1 is 1.13 bits per heavy atom. The van der Waals surface area contributed by atoms with Crippen LogP contribution in [0.3, 0.4) is 0 Å². The second-order valence-electron chi connectivity index (χ2n) is 6.86. The van der Waals surface area contributed by atoms with Crippen molar-refractivity contribution >= 4 is 50.3 Å².